The summed E-state index contributed by atoms with van der Waals surface area (Å²) in [6.45, 7) is 0.301. The number of nitrogens with one attached hydrogen (secondary N) is 1. The summed E-state index contributed by atoms with van der Waals surface area (Å²) in [6, 6.07) is 15.7. The predicted molar refractivity (Wildman–Crippen MR) is 88.7 cm³/mol. The van der Waals surface area contributed by atoms with Crippen LogP contribution in [-0.2, 0) is 16.4 Å². The minimum atomic E-state index is -3.67. The number of pyridine rings is 1. The van der Waals surface area contributed by atoms with E-state index in [4.69, 9.17) is 0 Å². The van der Waals surface area contributed by atoms with Gasteiger partial charge in [-0.05, 0) is 36.2 Å². The summed E-state index contributed by atoms with van der Waals surface area (Å²) in [5.74, 6) is -0.0381. The third kappa shape index (κ3) is 3.33. The molecule has 0 aliphatic rings. The lowest BCUT2D eigenvalue weighted by Gasteiger charge is -2.10. The number of phenols is 1. The van der Waals surface area contributed by atoms with Crippen LogP contribution in [0.1, 0.15) is 5.56 Å². The normalized spacial score (nSPS) is 11.7. The lowest BCUT2D eigenvalue weighted by atomic mass is 10.2. The van der Waals surface area contributed by atoms with Gasteiger partial charge < -0.3 is 5.11 Å². The second-order valence-electron chi connectivity index (χ2n) is 5.12. The van der Waals surface area contributed by atoms with Gasteiger partial charge in [-0.3, -0.25) is 4.98 Å². The Kier molecular flexibility index (Phi) is 4.27. The molecule has 0 amide bonds. The van der Waals surface area contributed by atoms with Crippen molar-refractivity contribution in [2.75, 3.05) is 6.54 Å². The van der Waals surface area contributed by atoms with Crippen LogP contribution >= 0.6 is 0 Å². The van der Waals surface area contributed by atoms with Crippen LogP contribution in [-0.4, -0.2) is 25.1 Å². The minimum absolute atomic E-state index is 0.0381. The van der Waals surface area contributed by atoms with Crippen LogP contribution in [0.15, 0.2) is 65.7 Å². The molecular weight excluding hydrogens is 312 g/mol. The first kappa shape index (κ1) is 15.5. The number of rotatable bonds is 5. The first-order valence-corrected chi connectivity index (χ1v) is 8.66. The number of aromatic nitrogens is 1. The van der Waals surface area contributed by atoms with Gasteiger partial charge in [0, 0.05) is 18.1 Å². The standard InChI is InChI=1S/C17H16N2O3S/c20-15-8-9-16(14-7-4-11-18-17(14)15)23(21,22)19-12-10-13-5-2-1-3-6-13/h1-9,11,19-20H,10,12H2. The Labute approximate surface area is 134 Å². The quantitative estimate of drug-likeness (QED) is 0.754. The predicted octanol–water partition coefficient (Wildman–Crippen LogP) is 2.46. The second kappa shape index (κ2) is 6.36. The maximum atomic E-state index is 12.5. The Hall–Kier alpha value is -2.44. The highest BCUT2D eigenvalue weighted by Crippen LogP contribution is 2.28. The van der Waals surface area contributed by atoms with E-state index < -0.39 is 10.0 Å². The van der Waals surface area contributed by atoms with Crippen molar-refractivity contribution in [1.82, 2.24) is 9.71 Å². The van der Waals surface area contributed by atoms with E-state index in [1.54, 1.807) is 12.1 Å². The average molecular weight is 328 g/mol. The van der Waals surface area contributed by atoms with E-state index in [0.717, 1.165) is 5.56 Å². The SMILES string of the molecule is O=S(=O)(NCCc1ccccc1)c1ccc(O)c2ncccc12. The van der Waals surface area contributed by atoms with Gasteiger partial charge >= 0.3 is 0 Å². The minimum Gasteiger partial charge on any atom is -0.506 e. The van der Waals surface area contributed by atoms with Crippen molar-refractivity contribution in [2.45, 2.75) is 11.3 Å². The molecule has 0 saturated heterocycles. The van der Waals surface area contributed by atoms with Crippen LogP contribution in [0.4, 0.5) is 0 Å². The van der Waals surface area contributed by atoms with Gasteiger partial charge in [-0.25, -0.2) is 13.1 Å². The van der Waals surface area contributed by atoms with Gasteiger partial charge in [0.2, 0.25) is 10.0 Å². The molecule has 2 aromatic carbocycles. The van der Waals surface area contributed by atoms with Crippen molar-refractivity contribution in [1.29, 1.82) is 0 Å². The largest absolute Gasteiger partial charge is 0.506 e. The van der Waals surface area contributed by atoms with E-state index in [0.29, 0.717) is 18.4 Å². The Morgan fingerprint density at radius 1 is 1.00 bits per heavy atom. The van der Waals surface area contributed by atoms with Gasteiger partial charge in [0.15, 0.2) is 0 Å². The van der Waals surface area contributed by atoms with Crippen LogP contribution in [0.2, 0.25) is 0 Å². The van der Waals surface area contributed by atoms with Gasteiger partial charge in [0.1, 0.15) is 11.3 Å². The highest BCUT2D eigenvalue weighted by atomic mass is 32.2. The smallest absolute Gasteiger partial charge is 0.241 e. The lowest BCUT2D eigenvalue weighted by Crippen LogP contribution is -2.26. The molecule has 0 atom stereocenters. The Morgan fingerprint density at radius 3 is 2.57 bits per heavy atom. The van der Waals surface area contributed by atoms with Crippen molar-refractivity contribution in [3.63, 3.8) is 0 Å². The van der Waals surface area contributed by atoms with Crippen molar-refractivity contribution in [3.05, 3.63) is 66.4 Å². The van der Waals surface area contributed by atoms with Crippen LogP contribution in [0.3, 0.4) is 0 Å². The fourth-order valence-electron chi connectivity index (χ4n) is 2.42. The molecule has 5 nitrogen and oxygen atoms in total. The number of aromatic hydroxyl groups is 1. The zero-order valence-electron chi connectivity index (χ0n) is 12.3. The van der Waals surface area contributed by atoms with E-state index >= 15 is 0 Å². The number of sulfonamides is 1. The molecule has 1 heterocycles. The Morgan fingerprint density at radius 2 is 1.78 bits per heavy atom. The summed E-state index contributed by atoms with van der Waals surface area (Å²) in [7, 11) is -3.67. The topological polar surface area (TPSA) is 79.3 Å². The van der Waals surface area contributed by atoms with E-state index in [9.17, 15) is 13.5 Å². The zero-order valence-corrected chi connectivity index (χ0v) is 13.1. The molecule has 0 unspecified atom stereocenters. The number of hydrogen-bond acceptors (Lipinski definition) is 4. The van der Waals surface area contributed by atoms with Crippen LogP contribution in [0.5, 0.6) is 5.75 Å². The summed E-state index contributed by atoms with van der Waals surface area (Å²) in [4.78, 5) is 4.16. The first-order valence-electron chi connectivity index (χ1n) is 7.18. The number of hydrogen-bond donors (Lipinski definition) is 2. The zero-order chi connectivity index (χ0) is 16.3. The first-order chi connectivity index (χ1) is 11.1. The molecule has 6 heteroatoms. The monoisotopic (exact) mass is 328 g/mol. The average Bonchev–Trinajstić information content (AvgIpc) is 2.56. The number of fused-ring (bicyclic) bond motifs is 1. The third-order valence-electron chi connectivity index (χ3n) is 3.55. The third-order valence-corrected chi connectivity index (χ3v) is 5.07. The molecule has 0 saturated carbocycles. The second-order valence-corrected chi connectivity index (χ2v) is 6.85. The molecule has 0 aliphatic heterocycles. The number of benzene rings is 2. The Bertz CT molecular complexity index is 925. The van der Waals surface area contributed by atoms with Gasteiger partial charge in [0.25, 0.3) is 0 Å². The molecule has 3 aromatic rings. The molecule has 3 rings (SSSR count). The van der Waals surface area contributed by atoms with Crippen LogP contribution in [0, 0.1) is 0 Å². The summed E-state index contributed by atoms with van der Waals surface area (Å²) >= 11 is 0. The van der Waals surface area contributed by atoms with Gasteiger partial charge in [0.05, 0.1) is 4.90 Å². The van der Waals surface area contributed by atoms with Gasteiger partial charge in [-0.1, -0.05) is 30.3 Å². The molecular formula is C17H16N2O3S. The van der Waals surface area contributed by atoms with Crippen molar-refractivity contribution >= 4 is 20.9 Å². The molecule has 0 spiro atoms. The van der Waals surface area contributed by atoms with Crippen LogP contribution < -0.4 is 4.72 Å². The van der Waals surface area contributed by atoms with E-state index in [2.05, 4.69) is 9.71 Å². The van der Waals surface area contributed by atoms with Crippen molar-refractivity contribution < 1.29 is 13.5 Å². The van der Waals surface area contributed by atoms with Crippen molar-refractivity contribution in [2.24, 2.45) is 0 Å². The maximum Gasteiger partial charge on any atom is 0.241 e. The molecule has 1 aromatic heterocycles. The lowest BCUT2D eigenvalue weighted by molar-refractivity contribution is 0.480. The van der Waals surface area contributed by atoms with Gasteiger partial charge in [-0.2, -0.15) is 0 Å². The highest BCUT2D eigenvalue weighted by Gasteiger charge is 2.18. The van der Waals surface area contributed by atoms with E-state index in [1.807, 2.05) is 30.3 Å². The fraction of sp³-hybridized carbons (Fsp3) is 0.118. The Balaban J connectivity index is 1.84. The molecule has 0 bridgehead atoms. The molecule has 2 N–H and O–H groups in total. The summed E-state index contributed by atoms with van der Waals surface area (Å²) in [5.41, 5.74) is 1.34. The molecule has 0 aliphatic carbocycles. The maximum absolute atomic E-state index is 12.5. The van der Waals surface area contributed by atoms with Crippen LogP contribution in [0.25, 0.3) is 10.9 Å². The van der Waals surface area contributed by atoms with E-state index in [1.165, 1.54) is 18.3 Å². The summed E-state index contributed by atoms with van der Waals surface area (Å²) in [6.07, 6.45) is 2.12. The molecule has 0 radical (unpaired) electrons. The molecule has 118 valence electrons. The molecule has 0 fully saturated rings. The van der Waals surface area contributed by atoms with Gasteiger partial charge in [-0.15, -0.1) is 0 Å². The fourth-order valence-corrected chi connectivity index (χ4v) is 3.65. The molecule has 23 heavy (non-hydrogen) atoms. The number of nitrogens with zero attached hydrogens (tertiary/aromatic N) is 1. The summed E-state index contributed by atoms with van der Waals surface area (Å²) < 4.78 is 27.7. The number of phenolic OH excluding ortho intramolecular Hbond substituents is 1. The van der Waals surface area contributed by atoms with E-state index in [-0.39, 0.29) is 16.2 Å². The highest BCUT2D eigenvalue weighted by molar-refractivity contribution is 7.89. The van der Waals surface area contributed by atoms with Crippen molar-refractivity contribution in [3.8, 4) is 5.75 Å². The summed E-state index contributed by atoms with van der Waals surface area (Å²) in [5, 5.41) is 10.2.